The van der Waals surface area contributed by atoms with Crippen molar-refractivity contribution in [2.75, 3.05) is 19.0 Å². The molecular formula is C16H18ClNO2. The Bertz CT molecular complexity index is 572. The van der Waals surface area contributed by atoms with Crippen LogP contribution in [0.1, 0.15) is 12.5 Å². The van der Waals surface area contributed by atoms with Crippen molar-refractivity contribution in [3.8, 4) is 11.5 Å². The number of anilines is 1. The van der Waals surface area contributed by atoms with Crippen LogP contribution in [0.2, 0.25) is 5.02 Å². The Kier molecular flexibility index (Phi) is 5.13. The normalized spacial score (nSPS) is 10.2. The van der Waals surface area contributed by atoms with Crippen molar-refractivity contribution in [1.29, 1.82) is 0 Å². The van der Waals surface area contributed by atoms with Crippen LogP contribution < -0.4 is 14.8 Å². The third-order valence-electron chi connectivity index (χ3n) is 2.86. The molecule has 20 heavy (non-hydrogen) atoms. The summed E-state index contributed by atoms with van der Waals surface area (Å²) in [6, 6.07) is 13.7. The van der Waals surface area contributed by atoms with E-state index in [-0.39, 0.29) is 0 Å². The molecule has 0 aliphatic rings. The fraction of sp³-hybridized carbons (Fsp3) is 0.250. The zero-order valence-electron chi connectivity index (χ0n) is 11.7. The molecule has 0 aliphatic heterocycles. The Balaban J connectivity index is 2.01. The number of ether oxygens (including phenoxy) is 2. The molecule has 0 radical (unpaired) electrons. The summed E-state index contributed by atoms with van der Waals surface area (Å²) in [5, 5.41) is 3.97. The Morgan fingerprint density at radius 3 is 2.70 bits per heavy atom. The molecule has 0 bridgehead atoms. The molecule has 1 N–H and O–H groups in total. The minimum absolute atomic E-state index is 0.620. The summed E-state index contributed by atoms with van der Waals surface area (Å²) in [6.45, 7) is 3.33. The Morgan fingerprint density at radius 1 is 1.15 bits per heavy atom. The Labute approximate surface area is 124 Å². The van der Waals surface area contributed by atoms with Crippen molar-refractivity contribution in [1.82, 2.24) is 0 Å². The highest BCUT2D eigenvalue weighted by molar-refractivity contribution is 6.32. The molecule has 0 aromatic heterocycles. The molecule has 0 spiro atoms. The summed E-state index contributed by atoms with van der Waals surface area (Å²) in [5.41, 5.74) is 2.11. The van der Waals surface area contributed by atoms with E-state index in [0.717, 1.165) is 17.0 Å². The summed E-state index contributed by atoms with van der Waals surface area (Å²) in [5.74, 6) is 1.55. The van der Waals surface area contributed by atoms with Gasteiger partial charge in [0.05, 0.1) is 18.7 Å². The predicted octanol–water partition coefficient (Wildman–Crippen LogP) is 4.36. The van der Waals surface area contributed by atoms with E-state index < -0.39 is 0 Å². The first kappa shape index (κ1) is 14.5. The molecule has 0 unspecified atom stereocenters. The highest BCUT2D eigenvalue weighted by Crippen LogP contribution is 2.25. The van der Waals surface area contributed by atoms with Crippen molar-refractivity contribution in [2.24, 2.45) is 0 Å². The van der Waals surface area contributed by atoms with Crippen molar-refractivity contribution < 1.29 is 9.47 Å². The van der Waals surface area contributed by atoms with Gasteiger partial charge in [-0.2, -0.15) is 0 Å². The summed E-state index contributed by atoms with van der Waals surface area (Å²) in [7, 11) is 1.61. The van der Waals surface area contributed by atoms with Crippen LogP contribution in [-0.2, 0) is 6.54 Å². The van der Waals surface area contributed by atoms with E-state index in [2.05, 4.69) is 5.32 Å². The smallest absolute Gasteiger partial charge is 0.137 e. The Hall–Kier alpha value is -1.87. The van der Waals surface area contributed by atoms with E-state index in [0.29, 0.717) is 23.9 Å². The first-order valence-electron chi connectivity index (χ1n) is 6.52. The van der Waals surface area contributed by atoms with Crippen molar-refractivity contribution in [3.05, 3.63) is 53.1 Å². The van der Waals surface area contributed by atoms with Crippen LogP contribution in [-0.4, -0.2) is 13.7 Å². The molecule has 4 heteroatoms. The number of nitrogens with one attached hydrogen (secondary N) is 1. The first-order valence-corrected chi connectivity index (χ1v) is 6.90. The van der Waals surface area contributed by atoms with Crippen LogP contribution in [0.25, 0.3) is 0 Å². The fourth-order valence-electron chi connectivity index (χ4n) is 1.89. The highest BCUT2D eigenvalue weighted by Gasteiger charge is 2.02. The minimum Gasteiger partial charge on any atom is -0.495 e. The van der Waals surface area contributed by atoms with Crippen LogP contribution in [0, 0.1) is 0 Å². The van der Waals surface area contributed by atoms with Crippen LogP contribution in [0.15, 0.2) is 42.5 Å². The summed E-state index contributed by atoms with van der Waals surface area (Å²) in [6.07, 6.45) is 0. The fourth-order valence-corrected chi connectivity index (χ4v) is 2.17. The summed E-state index contributed by atoms with van der Waals surface area (Å²) >= 11 is 6.10. The third kappa shape index (κ3) is 3.81. The molecule has 2 rings (SSSR count). The lowest BCUT2D eigenvalue weighted by atomic mass is 10.2. The van der Waals surface area contributed by atoms with Crippen LogP contribution in [0.3, 0.4) is 0 Å². The van der Waals surface area contributed by atoms with Crippen LogP contribution in [0.4, 0.5) is 5.69 Å². The maximum Gasteiger partial charge on any atom is 0.137 e. The minimum atomic E-state index is 0.620. The van der Waals surface area contributed by atoms with Gasteiger partial charge in [0, 0.05) is 18.3 Å². The quantitative estimate of drug-likeness (QED) is 0.858. The van der Waals surface area contributed by atoms with Gasteiger partial charge in [0.25, 0.3) is 0 Å². The van der Waals surface area contributed by atoms with Gasteiger partial charge in [0.1, 0.15) is 11.5 Å². The molecule has 0 heterocycles. The Morgan fingerprint density at radius 2 is 2.00 bits per heavy atom. The van der Waals surface area contributed by atoms with Gasteiger partial charge in [-0.15, -0.1) is 0 Å². The van der Waals surface area contributed by atoms with Crippen molar-refractivity contribution in [3.63, 3.8) is 0 Å². The van der Waals surface area contributed by atoms with Crippen LogP contribution >= 0.6 is 11.6 Å². The van der Waals surface area contributed by atoms with E-state index in [9.17, 15) is 0 Å². The van der Waals surface area contributed by atoms with Gasteiger partial charge in [-0.25, -0.2) is 0 Å². The van der Waals surface area contributed by atoms with Gasteiger partial charge in [0.15, 0.2) is 0 Å². The highest BCUT2D eigenvalue weighted by atomic mass is 35.5. The zero-order chi connectivity index (χ0) is 14.4. The lowest BCUT2D eigenvalue weighted by Crippen LogP contribution is -2.00. The molecular weight excluding hydrogens is 274 g/mol. The topological polar surface area (TPSA) is 30.5 Å². The molecule has 0 amide bonds. The number of hydrogen-bond acceptors (Lipinski definition) is 3. The SMILES string of the molecule is CCOc1cccc(NCc2ccc(OC)c(Cl)c2)c1. The second-order valence-corrected chi connectivity index (χ2v) is 4.69. The average Bonchev–Trinajstić information content (AvgIpc) is 2.46. The van der Waals surface area contributed by atoms with E-state index in [1.807, 2.05) is 49.4 Å². The largest absolute Gasteiger partial charge is 0.495 e. The van der Waals surface area contributed by atoms with Gasteiger partial charge < -0.3 is 14.8 Å². The standard InChI is InChI=1S/C16H18ClNO2/c1-3-20-14-6-4-5-13(10-14)18-11-12-7-8-16(19-2)15(17)9-12/h4-10,18H,3,11H2,1-2H3. The van der Waals surface area contributed by atoms with E-state index >= 15 is 0 Å². The number of methoxy groups -OCH3 is 1. The third-order valence-corrected chi connectivity index (χ3v) is 3.15. The maximum atomic E-state index is 6.10. The number of hydrogen-bond donors (Lipinski definition) is 1. The van der Waals surface area contributed by atoms with Crippen molar-refractivity contribution in [2.45, 2.75) is 13.5 Å². The first-order chi connectivity index (χ1) is 9.72. The van der Waals surface area contributed by atoms with E-state index in [4.69, 9.17) is 21.1 Å². The van der Waals surface area contributed by atoms with Gasteiger partial charge in [-0.3, -0.25) is 0 Å². The molecule has 2 aromatic carbocycles. The zero-order valence-corrected chi connectivity index (χ0v) is 12.4. The average molecular weight is 292 g/mol. The summed E-state index contributed by atoms with van der Waals surface area (Å²) in [4.78, 5) is 0. The second-order valence-electron chi connectivity index (χ2n) is 4.28. The number of benzene rings is 2. The van der Waals surface area contributed by atoms with Crippen molar-refractivity contribution >= 4 is 17.3 Å². The molecule has 0 fully saturated rings. The molecule has 2 aromatic rings. The van der Waals surface area contributed by atoms with E-state index in [1.165, 1.54) is 0 Å². The predicted molar refractivity (Wildman–Crippen MR) is 82.9 cm³/mol. The number of halogens is 1. The monoisotopic (exact) mass is 291 g/mol. The maximum absolute atomic E-state index is 6.10. The van der Waals surface area contributed by atoms with Gasteiger partial charge >= 0.3 is 0 Å². The van der Waals surface area contributed by atoms with Gasteiger partial charge in [-0.05, 0) is 36.8 Å². The molecule has 3 nitrogen and oxygen atoms in total. The van der Waals surface area contributed by atoms with Crippen LogP contribution in [0.5, 0.6) is 11.5 Å². The molecule has 0 saturated carbocycles. The van der Waals surface area contributed by atoms with Gasteiger partial charge in [0.2, 0.25) is 0 Å². The molecule has 0 aliphatic carbocycles. The second kappa shape index (κ2) is 7.06. The lowest BCUT2D eigenvalue weighted by molar-refractivity contribution is 0.340. The lowest BCUT2D eigenvalue weighted by Gasteiger charge is -2.10. The number of rotatable bonds is 6. The van der Waals surface area contributed by atoms with Gasteiger partial charge in [-0.1, -0.05) is 23.7 Å². The molecule has 0 atom stereocenters. The summed E-state index contributed by atoms with van der Waals surface area (Å²) < 4.78 is 10.6. The molecule has 0 saturated heterocycles. The van der Waals surface area contributed by atoms with E-state index in [1.54, 1.807) is 7.11 Å². The molecule has 106 valence electrons.